The van der Waals surface area contributed by atoms with Crippen molar-refractivity contribution < 1.29 is 27.6 Å². The first-order valence-corrected chi connectivity index (χ1v) is 3.84. The molecule has 0 aliphatic carbocycles. The molecule has 0 spiro atoms. The lowest BCUT2D eigenvalue weighted by Crippen LogP contribution is -2.08. The van der Waals surface area contributed by atoms with Crippen molar-refractivity contribution in [3.63, 3.8) is 0 Å². The van der Waals surface area contributed by atoms with E-state index in [2.05, 4.69) is 4.74 Å². The van der Waals surface area contributed by atoms with Gasteiger partial charge in [-0.05, 0) is 12.1 Å². The summed E-state index contributed by atoms with van der Waals surface area (Å²) in [6, 6.07) is 1.44. The van der Waals surface area contributed by atoms with Crippen molar-refractivity contribution in [2.24, 2.45) is 0 Å². The van der Waals surface area contributed by atoms with Crippen molar-refractivity contribution >= 4 is 12.0 Å². The highest BCUT2D eigenvalue weighted by molar-refractivity contribution is 5.82. The molecule has 0 amide bonds. The van der Waals surface area contributed by atoms with Crippen LogP contribution in [0.1, 0.15) is 10.4 Å². The van der Waals surface area contributed by atoms with Crippen LogP contribution in [0, 0.1) is 15.9 Å². The molecule has 0 aliphatic rings. The van der Waals surface area contributed by atoms with Crippen LogP contribution in [0.2, 0.25) is 0 Å². The number of alkyl halides is 2. The van der Waals surface area contributed by atoms with Gasteiger partial charge in [0.2, 0.25) is 11.6 Å². The molecule has 0 atom stereocenters. The molecule has 5 nitrogen and oxygen atoms in total. The zero-order valence-corrected chi connectivity index (χ0v) is 7.52. The maximum atomic E-state index is 13.0. The van der Waals surface area contributed by atoms with Crippen LogP contribution in [0.3, 0.4) is 0 Å². The van der Waals surface area contributed by atoms with Gasteiger partial charge < -0.3 is 4.74 Å². The van der Waals surface area contributed by atoms with E-state index in [-0.39, 0.29) is 6.29 Å². The van der Waals surface area contributed by atoms with Gasteiger partial charge in [-0.3, -0.25) is 14.9 Å². The van der Waals surface area contributed by atoms with Crippen molar-refractivity contribution in [2.45, 2.75) is 6.61 Å². The second-order valence-electron chi connectivity index (χ2n) is 2.57. The van der Waals surface area contributed by atoms with Gasteiger partial charge in [0.1, 0.15) is 0 Å². The van der Waals surface area contributed by atoms with Crippen LogP contribution in [0.25, 0.3) is 0 Å². The lowest BCUT2D eigenvalue weighted by Gasteiger charge is -2.07. The van der Waals surface area contributed by atoms with Gasteiger partial charge in [-0.15, -0.1) is 0 Å². The fourth-order valence-corrected chi connectivity index (χ4v) is 1.04. The lowest BCUT2D eigenvalue weighted by atomic mass is 10.2. The van der Waals surface area contributed by atoms with Crippen LogP contribution in [0.4, 0.5) is 18.9 Å². The number of nitro benzene ring substituents is 1. The van der Waals surface area contributed by atoms with Gasteiger partial charge in [-0.1, -0.05) is 0 Å². The van der Waals surface area contributed by atoms with E-state index in [0.717, 1.165) is 6.07 Å². The fourth-order valence-electron chi connectivity index (χ4n) is 1.04. The van der Waals surface area contributed by atoms with E-state index in [1.54, 1.807) is 0 Å². The van der Waals surface area contributed by atoms with Crippen LogP contribution in [-0.4, -0.2) is 17.8 Å². The maximum Gasteiger partial charge on any atom is 0.387 e. The summed E-state index contributed by atoms with van der Waals surface area (Å²) in [5, 5.41) is 10.4. The van der Waals surface area contributed by atoms with Gasteiger partial charge in [0.15, 0.2) is 6.29 Å². The molecule has 1 aromatic carbocycles. The van der Waals surface area contributed by atoms with E-state index in [1.165, 1.54) is 0 Å². The highest BCUT2D eigenvalue weighted by atomic mass is 19.3. The Morgan fingerprint density at radius 1 is 1.44 bits per heavy atom. The third-order valence-corrected chi connectivity index (χ3v) is 1.63. The molecular weight excluding hydrogens is 231 g/mol. The van der Waals surface area contributed by atoms with Gasteiger partial charge in [-0.2, -0.15) is 13.2 Å². The van der Waals surface area contributed by atoms with E-state index in [0.29, 0.717) is 6.07 Å². The minimum Gasteiger partial charge on any atom is -0.427 e. The van der Waals surface area contributed by atoms with Gasteiger partial charge in [0, 0.05) is 0 Å². The molecule has 0 aromatic heterocycles. The molecule has 86 valence electrons. The molecule has 0 aliphatic heterocycles. The van der Waals surface area contributed by atoms with E-state index in [1.807, 2.05) is 0 Å². The minimum atomic E-state index is -3.39. The predicted octanol–water partition coefficient (Wildman–Crippen LogP) is 2.15. The summed E-state index contributed by atoms with van der Waals surface area (Å²) in [6.45, 7) is -3.39. The van der Waals surface area contributed by atoms with Crippen molar-refractivity contribution in [3.05, 3.63) is 33.6 Å². The Labute approximate surface area is 86.6 Å². The number of rotatable bonds is 4. The van der Waals surface area contributed by atoms with Crippen LogP contribution in [0.5, 0.6) is 5.75 Å². The fraction of sp³-hybridized carbons (Fsp3) is 0.125. The standard InChI is InChI=1S/C8H4F3NO4/c9-5-2-1-4(3-13)7(16-8(10)11)6(5)12(14)15/h1-3,8H. The number of hydrogen-bond donors (Lipinski definition) is 0. The molecule has 0 N–H and O–H groups in total. The van der Waals surface area contributed by atoms with E-state index in [9.17, 15) is 28.1 Å². The Morgan fingerprint density at radius 3 is 2.50 bits per heavy atom. The zero-order chi connectivity index (χ0) is 12.3. The highest BCUT2D eigenvalue weighted by Crippen LogP contribution is 2.33. The van der Waals surface area contributed by atoms with Gasteiger partial charge in [0.05, 0.1) is 10.5 Å². The quantitative estimate of drug-likeness (QED) is 0.455. The number of aldehydes is 1. The third-order valence-electron chi connectivity index (χ3n) is 1.63. The average Bonchev–Trinajstić information content (AvgIpc) is 2.16. The highest BCUT2D eigenvalue weighted by Gasteiger charge is 2.27. The molecule has 0 saturated carbocycles. The SMILES string of the molecule is O=Cc1ccc(F)c([N+](=O)[O-])c1OC(F)F. The first-order valence-electron chi connectivity index (χ1n) is 3.84. The molecule has 0 heterocycles. The van der Waals surface area contributed by atoms with E-state index < -0.39 is 34.4 Å². The summed E-state index contributed by atoms with van der Waals surface area (Å²) in [7, 11) is 0. The monoisotopic (exact) mass is 235 g/mol. The Hall–Kier alpha value is -2.12. The molecule has 0 unspecified atom stereocenters. The summed E-state index contributed by atoms with van der Waals surface area (Å²) >= 11 is 0. The average molecular weight is 235 g/mol. The Bertz CT molecular complexity index is 436. The number of carbonyl (C=O) groups excluding carboxylic acids is 1. The Kier molecular flexibility index (Phi) is 3.44. The van der Waals surface area contributed by atoms with Crippen LogP contribution >= 0.6 is 0 Å². The number of nitrogens with zero attached hydrogens (tertiary/aromatic N) is 1. The maximum absolute atomic E-state index is 13.0. The third kappa shape index (κ3) is 2.27. The summed E-state index contributed by atoms with van der Waals surface area (Å²) in [4.78, 5) is 19.6. The normalized spacial score (nSPS) is 10.2. The molecule has 0 fully saturated rings. The number of carbonyl (C=O) groups is 1. The summed E-state index contributed by atoms with van der Waals surface area (Å²) in [5.74, 6) is -2.43. The number of nitro groups is 1. The number of halogens is 3. The minimum absolute atomic E-state index is 0.0597. The molecule has 1 aromatic rings. The summed E-state index contributed by atoms with van der Waals surface area (Å²) in [5.41, 5.74) is -1.81. The Balaban J connectivity index is 3.42. The molecule has 0 bridgehead atoms. The molecule has 1 rings (SSSR count). The first kappa shape index (κ1) is 12.0. The zero-order valence-electron chi connectivity index (χ0n) is 7.52. The molecular formula is C8H4F3NO4. The van der Waals surface area contributed by atoms with Crippen LogP contribution in [0.15, 0.2) is 12.1 Å². The molecule has 0 saturated heterocycles. The molecule has 0 radical (unpaired) electrons. The number of hydrogen-bond acceptors (Lipinski definition) is 4. The first-order chi connectivity index (χ1) is 7.47. The van der Waals surface area contributed by atoms with Gasteiger partial charge >= 0.3 is 12.3 Å². The number of benzene rings is 1. The van der Waals surface area contributed by atoms with E-state index in [4.69, 9.17) is 0 Å². The van der Waals surface area contributed by atoms with E-state index >= 15 is 0 Å². The van der Waals surface area contributed by atoms with Gasteiger partial charge in [-0.25, -0.2) is 0 Å². The molecule has 16 heavy (non-hydrogen) atoms. The smallest absolute Gasteiger partial charge is 0.387 e. The van der Waals surface area contributed by atoms with Crippen LogP contribution in [-0.2, 0) is 0 Å². The summed E-state index contributed by atoms with van der Waals surface area (Å²) in [6.07, 6.45) is 0.0597. The van der Waals surface area contributed by atoms with Crippen molar-refractivity contribution in [1.82, 2.24) is 0 Å². The lowest BCUT2D eigenvalue weighted by molar-refractivity contribution is -0.389. The number of ether oxygens (including phenoxy) is 1. The second-order valence-corrected chi connectivity index (χ2v) is 2.57. The largest absolute Gasteiger partial charge is 0.427 e. The topological polar surface area (TPSA) is 69.4 Å². The van der Waals surface area contributed by atoms with Crippen molar-refractivity contribution in [1.29, 1.82) is 0 Å². The van der Waals surface area contributed by atoms with Crippen LogP contribution < -0.4 is 4.74 Å². The van der Waals surface area contributed by atoms with Crippen molar-refractivity contribution in [2.75, 3.05) is 0 Å². The van der Waals surface area contributed by atoms with Crippen molar-refractivity contribution in [3.8, 4) is 5.75 Å². The Morgan fingerprint density at radius 2 is 2.06 bits per heavy atom. The summed E-state index contributed by atoms with van der Waals surface area (Å²) < 4.78 is 40.6. The van der Waals surface area contributed by atoms with Gasteiger partial charge in [0.25, 0.3) is 0 Å². The molecule has 8 heteroatoms. The predicted molar refractivity (Wildman–Crippen MR) is 45.1 cm³/mol. The second kappa shape index (κ2) is 4.60.